The van der Waals surface area contributed by atoms with Crippen molar-refractivity contribution in [3.63, 3.8) is 0 Å². The minimum absolute atomic E-state index is 0.162. The van der Waals surface area contributed by atoms with Crippen molar-refractivity contribution in [2.24, 2.45) is 0 Å². The Morgan fingerprint density at radius 2 is 1.71 bits per heavy atom. The number of aryl methyl sites for hydroxylation is 1. The summed E-state index contributed by atoms with van der Waals surface area (Å²) in [5.74, 6) is -2.86. The van der Waals surface area contributed by atoms with Gasteiger partial charge in [-0.05, 0) is 33.8 Å². The maximum Gasteiger partial charge on any atom is 0.288 e. The molecule has 0 fully saturated rings. The van der Waals surface area contributed by atoms with E-state index in [2.05, 4.69) is 5.10 Å². The first-order chi connectivity index (χ1) is 6.12. The van der Waals surface area contributed by atoms with E-state index in [4.69, 9.17) is 0 Å². The molecule has 0 atom stereocenters. The van der Waals surface area contributed by atoms with E-state index in [1.807, 2.05) is 20.8 Å². The first kappa shape index (κ1) is 11.1. The number of hydrogen-bond donors (Lipinski definition) is 0. The predicted molar refractivity (Wildman–Crippen MR) is 51.5 cm³/mol. The molecule has 0 spiro atoms. The normalized spacial score (nSPS) is 13.4. The van der Waals surface area contributed by atoms with Gasteiger partial charge in [-0.25, -0.2) is 0 Å². The van der Waals surface area contributed by atoms with Crippen molar-refractivity contribution >= 4 is 0 Å². The van der Waals surface area contributed by atoms with Gasteiger partial charge in [-0.15, -0.1) is 0 Å². The lowest BCUT2D eigenvalue weighted by atomic mass is 10.1. The quantitative estimate of drug-likeness (QED) is 0.684. The maximum absolute atomic E-state index is 13.0. The standard InChI is InChI=1S/C10H16F2N2/c1-7-6-8(10(5,11)12)13-14(7)9(2,3)4/h6H,1-5H3. The molecule has 0 aliphatic carbocycles. The first-order valence-electron chi connectivity index (χ1n) is 4.58. The number of rotatable bonds is 1. The molecule has 80 valence electrons. The van der Waals surface area contributed by atoms with Crippen molar-refractivity contribution in [3.8, 4) is 0 Å². The average molecular weight is 202 g/mol. The van der Waals surface area contributed by atoms with Crippen molar-refractivity contribution in [1.82, 2.24) is 9.78 Å². The van der Waals surface area contributed by atoms with Crippen LogP contribution in [-0.4, -0.2) is 9.78 Å². The summed E-state index contributed by atoms with van der Waals surface area (Å²) in [4.78, 5) is 0. The molecule has 0 radical (unpaired) electrons. The van der Waals surface area contributed by atoms with Gasteiger partial charge in [-0.1, -0.05) is 0 Å². The maximum atomic E-state index is 13.0. The molecule has 4 heteroatoms. The van der Waals surface area contributed by atoms with E-state index in [0.717, 1.165) is 12.6 Å². The molecule has 14 heavy (non-hydrogen) atoms. The number of alkyl halides is 2. The average Bonchev–Trinajstić information content (AvgIpc) is 2.27. The van der Waals surface area contributed by atoms with Crippen LogP contribution in [0, 0.1) is 6.92 Å². The van der Waals surface area contributed by atoms with Gasteiger partial charge in [0.25, 0.3) is 5.92 Å². The number of nitrogens with zero attached hydrogens (tertiary/aromatic N) is 2. The van der Waals surface area contributed by atoms with Crippen molar-refractivity contribution in [1.29, 1.82) is 0 Å². The lowest BCUT2D eigenvalue weighted by Gasteiger charge is -2.21. The van der Waals surface area contributed by atoms with Crippen LogP contribution in [0.5, 0.6) is 0 Å². The molecule has 0 aliphatic rings. The van der Waals surface area contributed by atoms with Gasteiger partial charge >= 0.3 is 0 Å². The van der Waals surface area contributed by atoms with Crippen LogP contribution < -0.4 is 0 Å². The summed E-state index contributed by atoms with van der Waals surface area (Å²) in [5, 5.41) is 3.92. The van der Waals surface area contributed by atoms with Crippen LogP contribution in [-0.2, 0) is 11.5 Å². The van der Waals surface area contributed by atoms with Crippen LogP contribution in [0.2, 0.25) is 0 Å². The first-order valence-corrected chi connectivity index (χ1v) is 4.58. The summed E-state index contributed by atoms with van der Waals surface area (Å²) in [7, 11) is 0. The molecule has 2 nitrogen and oxygen atoms in total. The van der Waals surface area contributed by atoms with Crippen LogP contribution in [0.3, 0.4) is 0 Å². The molecule has 0 saturated carbocycles. The summed E-state index contributed by atoms with van der Waals surface area (Å²) < 4.78 is 27.5. The molecule has 1 rings (SSSR count). The van der Waals surface area contributed by atoms with Gasteiger partial charge in [-0.3, -0.25) is 4.68 Å². The van der Waals surface area contributed by atoms with E-state index in [9.17, 15) is 8.78 Å². The van der Waals surface area contributed by atoms with E-state index in [1.165, 1.54) is 6.07 Å². The van der Waals surface area contributed by atoms with Gasteiger partial charge < -0.3 is 0 Å². The zero-order valence-electron chi connectivity index (χ0n) is 9.23. The zero-order chi connectivity index (χ0) is 11.1. The zero-order valence-corrected chi connectivity index (χ0v) is 9.23. The largest absolute Gasteiger partial charge is 0.288 e. The lowest BCUT2D eigenvalue weighted by Crippen LogP contribution is -2.25. The summed E-state index contributed by atoms with van der Waals surface area (Å²) in [6.45, 7) is 8.45. The highest BCUT2D eigenvalue weighted by atomic mass is 19.3. The van der Waals surface area contributed by atoms with Crippen molar-refractivity contribution in [2.75, 3.05) is 0 Å². The Labute approximate surface area is 82.9 Å². The van der Waals surface area contributed by atoms with Gasteiger partial charge in [0.15, 0.2) is 0 Å². The van der Waals surface area contributed by atoms with Gasteiger partial charge in [-0.2, -0.15) is 13.9 Å². The highest BCUT2D eigenvalue weighted by molar-refractivity contribution is 5.14. The Bertz CT molecular complexity index is 329. The van der Waals surface area contributed by atoms with E-state index >= 15 is 0 Å². The molecule has 0 amide bonds. The third-order valence-electron chi connectivity index (χ3n) is 1.97. The topological polar surface area (TPSA) is 17.8 Å². The molecule has 0 N–H and O–H groups in total. The Kier molecular flexibility index (Phi) is 2.42. The molecule has 1 heterocycles. The fourth-order valence-electron chi connectivity index (χ4n) is 1.37. The Morgan fingerprint density at radius 1 is 1.21 bits per heavy atom. The number of halogens is 2. The molecule has 0 unspecified atom stereocenters. The second kappa shape index (κ2) is 3.04. The van der Waals surface area contributed by atoms with Gasteiger partial charge in [0.2, 0.25) is 0 Å². The monoisotopic (exact) mass is 202 g/mol. The molecule has 0 bridgehead atoms. The molecule has 0 aromatic carbocycles. The van der Waals surface area contributed by atoms with E-state index < -0.39 is 5.92 Å². The smallest absolute Gasteiger partial charge is 0.264 e. The molecule has 0 saturated heterocycles. The SMILES string of the molecule is Cc1cc(C(C)(F)F)nn1C(C)(C)C. The fourth-order valence-corrected chi connectivity index (χ4v) is 1.37. The van der Waals surface area contributed by atoms with E-state index in [1.54, 1.807) is 11.6 Å². The van der Waals surface area contributed by atoms with Crippen LogP contribution in [0.25, 0.3) is 0 Å². The summed E-state index contributed by atoms with van der Waals surface area (Å²) >= 11 is 0. The Hall–Kier alpha value is -0.930. The molecule has 0 aliphatic heterocycles. The Balaban J connectivity index is 3.19. The molecular formula is C10H16F2N2. The van der Waals surface area contributed by atoms with E-state index in [-0.39, 0.29) is 11.2 Å². The van der Waals surface area contributed by atoms with Crippen LogP contribution >= 0.6 is 0 Å². The molecule has 1 aromatic heterocycles. The number of hydrogen-bond acceptors (Lipinski definition) is 1. The lowest BCUT2D eigenvalue weighted by molar-refractivity contribution is 0.0116. The van der Waals surface area contributed by atoms with Gasteiger partial charge in [0, 0.05) is 12.6 Å². The molecular weight excluding hydrogens is 186 g/mol. The van der Waals surface area contributed by atoms with Crippen LogP contribution in [0.4, 0.5) is 8.78 Å². The minimum atomic E-state index is -2.86. The van der Waals surface area contributed by atoms with Crippen molar-refractivity contribution < 1.29 is 8.78 Å². The summed E-state index contributed by atoms with van der Waals surface area (Å²) in [6.07, 6.45) is 0. The fraction of sp³-hybridized carbons (Fsp3) is 0.700. The van der Waals surface area contributed by atoms with Crippen LogP contribution in [0.15, 0.2) is 6.07 Å². The highest BCUT2D eigenvalue weighted by Gasteiger charge is 2.30. The van der Waals surface area contributed by atoms with E-state index in [0.29, 0.717) is 0 Å². The van der Waals surface area contributed by atoms with Gasteiger partial charge in [0.05, 0.1) is 5.54 Å². The number of aromatic nitrogens is 2. The van der Waals surface area contributed by atoms with Crippen molar-refractivity contribution in [2.45, 2.75) is 46.1 Å². The highest BCUT2D eigenvalue weighted by Crippen LogP contribution is 2.28. The third kappa shape index (κ3) is 2.11. The summed E-state index contributed by atoms with van der Waals surface area (Å²) in [6, 6.07) is 1.44. The summed E-state index contributed by atoms with van der Waals surface area (Å²) in [5.41, 5.74) is 0.340. The second-order valence-corrected chi connectivity index (χ2v) is 4.64. The molecule has 1 aromatic rings. The third-order valence-corrected chi connectivity index (χ3v) is 1.97. The second-order valence-electron chi connectivity index (χ2n) is 4.64. The Morgan fingerprint density at radius 3 is 1.93 bits per heavy atom. The minimum Gasteiger partial charge on any atom is -0.264 e. The predicted octanol–water partition coefficient (Wildman–Crippen LogP) is 3.06. The van der Waals surface area contributed by atoms with Crippen molar-refractivity contribution in [3.05, 3.63) is 17.5 Å². The van der Waals surface area contributed by atoms with Crippen LogP contribution in [0.1, 0.15) is 39.1 Å². The van der Waals surface area contributed by atoms with Gasteiger partial charge in [0.1, 0.15) is 5.69 Å².